The van der Waals surface area contributed by atoms with E-state index in [1.165, 1.54) is 17.4 Å². The van der Waals surface area contributed by atoms with Gasteiger partial charge in [0.2, 0.25) is 0 Å². The maximum atomic E-state index is 11.6. The molecule has 0 saturated carbocycles. The van der Waals surface area contributed by atoms with Crippen LogP contribution in [-0.4, -0.2) is 23.5 Å². The third-order valence-electron chi connectivity index (χ3n) is 2.44. The van der Waals surface area contributed by atoms with Crippen molar-refractivity contribution in [3.63, 3.8) is 0 Å². The molecule has 0 atom stereocenters. The molecule has 0 unspecified atom stereocenters. The number of rotatable bonds is 4. The molecule has 0 bridgehead atoms. The van der Waals surface area contributed by atoms with E-state index in [1.807, 2.05) is 25.1 Å². The summed E-state index contributed by atoms with van der Waals surface area (Å²) in [6, 6.07) is 5.88. The van der Waals surface area contributed by atoms with Crippen molar-refractivity contribution in [2.75, 3.05) is 11.9 Å². The Morgan fingerprint density at radius 1 is 1.45 bits per heavy atom. The Balaban J connectivity index is 1.97. The number of ether oxygens (including phenoxy) is 1. The van der Waals surface area contributed by atoms with Crippen LogP contribution in [0.1, 0.15) is 12.5 Å². The Morgan fingerprint density at radius 2 is 2.25 bits per heavy atom. The van der Waals surface area contributed by atoms with Gasteiger partial charge in [0, 0.05) is 6.08 Å². The van der Waals surface area contributed by atoms with Crippen LogP contribution in [0, 0.1) is 6.92 Å². The van der Waals surface area contributed by atoms with E-state index in [9.17, 15) is 9.59 Å². The Labute approximate surface area is 120 Å². The van der Waals surface area contributed by atoms with E-state index < -0.39 is 11.9 Å². The van der Waals surface area contributed by atoms with Gasteiger partial charge < -0.3 is 4.74 Å². The molecular formula is C14H14N2O3S. The predicted octanol–water partition coefficient (Wildman–Crippen LogP) is 2.66. The molecule has 1 aromatic heterocycles. The van der Waals surface area contributed by atoms with Crippen molar-refractivity contribution < 1.29 is 14.3 Å². The van der Waals surface area contributed by atoms with Crippen molar-refractivity contribution in [1.29, 1.82) is 0 Å². The van der Waals surface area contributed by atoms with Gasteiger partial charge in [0.05, 0.1) is 10.2 Å². The van der Waals surface area contributed by atoms with E-state index in [2.05, 4.69) is 10.3 Å². The molecule has 1 N–H and O–H groups in total. The van der Waals surface area contributed by atoms with Gasteiger partial charge in [-0.25, -0.2) is 9.78 Å². The fourth-order valence-corrected chi connectivity index (χ4v) is 2.54. The molecule has 0 aliphatic heterocycles. The number of benzene rings is 1. The van der Waals surface area contributed by atoms with Crippen molar-refractivity contribution in [2.45, 2.75) is 13.8 Å². The zero-order valence-corrected chi connectivity index (χ0v) is 12.0. The van der Waals surface area contributed by atoms with E-state index in [-0.39, 0.29) is 6.61 Å². The summed E-state index contributed by atoms with van der Waals surface area (Å²) in [7, 11) is 0. The normalized spacial score (nSPS) is 10.9. The largest absolute Gasteiger partial charge is 0.452 e. The Hall–Kier alpha value is -2.21. The van der Waals surface area contributed by atoms with Crippen LogP contribution in [0.3, 0.4) is 0 Å². The maximum Gasteiger partial charge on any atom is 0.330 e. The van der Waals surface area contributed by atoms with Crippen LogP contribution in [0.25, 0.3) is 10.2 Å². The first-order chi connectivity index (χ1) is 9.58. The molecule has 2 rings (SSSR count). The number of esters is 1. The van der Waals surface area contributed by atoms with E-state index in [1.54, 1.807) is 13.0 Å². The minimum absolute atomic E-state index is 0.321. The lowest BCUT2D eigenvalue weighted by Crippen LogP contribution is -2.19. The second-order valence-electron chi connectivity index (χ2n) is 4.15. The van der Waals surface area contributed by atoms with Crippen LogP contribution in [0.5, 0.6) is 0 Å². The van der Waals surface area contributed by atoms with Gasteiger partial charge in [-0.3, -0.25) is 10.1 Å². The summed E-state index contributed by atoms with van der Waals surface area (Å²) in [5.41, 5.74) is 1.97. The molecular weight excluding hydrogens is 276 g/mol. The lowest BCUT2D eigenvalue weighted by molar-refractivity contribution is -0.142. The zero-order valence-electron chi connectivity index (χ0n) is 11.2. The highest BCUT2D eigenvalue weighted by Crippen LogP contribution is 2.26. The average molecular weight is 290 g/mol. The van der Waals surface area contributed by atoms with E-state index >= 15 is 0 Å². The molecule has 0 aliphatic rings. The standard InChI is InChI=1S/C14H14N2O3S/c1-3-4-13(18)19-8-12(17)16-14-15-10-6-5-9(2)7-11(10)20-14/h3-7H,8H2,1-2H3,(H,15,16,17)/b4-3+. The lowest BCUT2D eigenvalue weighted by Gasteiger charge is -2.01. The van der Waals surface area contributed by atoms with E-state index in [0.29, 0.717) is 5.13 Å². The monoisotopic (exact) mass is 290 g/mol. The van der Waals surface area contributed by atoms with Crippen molar-refractivity contribution in [3.05, 3.63) is 35.9 Å². The number of aryl methyl sites for hydroxylation is 1. The van der Waals surface area contributed by atoms with Crippen molar-refractivity contribution in [1.82, 2.24) is 4.98 Å². The van der Waals surface area contributed by atoms with Gasteiger partial charge in [0.25, 0.3) is 5.91 Å². The summed E-state index contributed by atoms with van der Waals surface area (Å²) >= 11 is 1.39. The fourth-order valence-electron chi connectivity index (χ4n) is 1.56. The van der Waals surface area contributed by atoms with Gasteiger partial charge in [-0.1, -0.05) is 23.5 Å². The fraction of sp³-hybridized carbons (Fsp3) is 0.214. The highest BCUT2D eigenvalue weighted by atomic mass is 32.1. The summed E-state index contributed by atoms with van der Waals surface area (Å²) in [4.78, 5) is 27.0. The van der Waals surface area contributed by atoms with Crippen molar-refractivity contribution in [2.24, 2.45) is 0 Å². The molecule has 0 fully saturated rings. The minimum atomic E-state index is -0.539. The number of carbonyl (C=O) groups is 2. The van der Waals surface area contributed by atoms with Gasteiger partial charge in [-0.05, 0) is 31.5 Å². The number of thiazole rings is 1. The van der Waals surface area contributed by atoms with Gasteiger partial charge >= 0.3 is 5.97 Å². The SMILES string of the molecule is C/C=C/C(=O)OCC(=O)Nc1nc2ccc(C)cc2s1. The summed E-state index contributed by atoms with van der Waals surface area (Å²) in [6.07, 6.45) is 2.81. The van der Waals surface area contributed by atoms with Crippen LogP contribution in [0.15, 0.2) is 30.4 Å². The molecule has 6 heteroatoms. The first-order valence-corrected chi connectivity index (χ1v) is 6.86. The van der Waals surface area contributed by atoms with Crippen LogP contribution in [-0.2, 0) is 14.3 Å². The summed E-state index contributed by atoms with van der Waals surface area (Å²) < 4.78 is 5.75. The molecule has 0 saturated heterocycles. The third kappa shape index (κ3) is 3.64. The van der Waals surface area contributed by atoms with Gasteiger partial charge in [-0.15, -0.1) is 0 Å². The highest BCUT2D eigenvalue weighted by Gasteiger charge is 2.09. The van der Waals surface area contributed by atoms with Gasteiger partial charge in [-0.2, -0.15) is 0 Å². The average Bonchev–Trinajstić information content (AvgIpc) is 2.78. The number of hydrogen-bond acceptors (Lipinski definition) is 5. The Kier molecular flexibility index (Phi) is 4.47. The zero-order chi connectivity index (χ0) is 14.5. The first kappa shape index (κ1) is 14.2. The first-order valence-electron chi connectivity index (χ1n) is 6.05. The van der Waals surface area contributed by atoms with Gasteiger partial charge in [0.1, 0.15) is 0 Å². The second kappa shape index (κ2) is 6.29. The molecule has 1 aromatic carbocycles. The molecule has 2 aromatic rings. The van der Waals surface area contributed by atoms with Crippen LogP contribution in [0.2, 0.25) is 0 Å². The Bertz CT molecular complexity index is 676. The topological polar surface area (TPSA) is 68.3 Å². The molecule has 0 aliphatic carbocycles. The lowest BCUT2D eigenvalue weighted by atomic mass is 10.2. The number of anilines is 1. The molecule has 20 heavy (non-hydrogen) atoms. The third-order valence-corrected chi connectivity index (χ3v) is 3.37. The summed E-state index contributed by atoms with van der Waals surface area (Å²) in [5, 5.41) is 3.11. The molecule has 1 heterocycles. The van der Waals surface area contributed by atoms with Crippen LogP contribution < -0.4 is 5.32 Å². The molecule has 1 amide bonds. The number of fused-ring (bicyclic) bond motifs is 1. The van der Waals surface area contributed by atoms with Crippen molar-refractivity contribution in [3.8, 4) is 0 Å². The quantitative estimate of drug-likeness (QED) is 0.694. The smallest absolute Gasteiger partial charge is 0.330 e. The molecule has 0 spiro atoms. The molecule has 0 radical (unpaired) electrons. The summed E-state index contributed by atoms with van der Waals surface area (Å²) in [5.74, 6) is -0.943. The number of nitrogens with one attached hydrogen (secondary N) is 1. The van der Waals surface area contributed by atoms with Crippen LogP contribution >= 0.6 is 11.3 Å². The van der Waals surface area contributed by atoms with Crippen LogP contribution in [0.4, 0.5) is 5.13 Å². The molecule has 104 valence electrons. The Morgan fingerprint density at radius 3 is 3.00 bits per heavy atom. The highest BCUT2D eigenvalue weighted by molar-refractivity contribution is 7.22. The molecule has 5 nitrogen and oxygen atoms in total. The predicted molar refractivity (Wildman–Crippen MR) is 78.8 cm³/mol. The van der Waals surface area contributed by atoms with E-state index in [0.717, 1.165) is 15.8 Å². The van der Waals surface area contributed by atoms with Crippen molar-refractivity contribution >= 4 is 38.6 Å². The number of hydrogen-bond donors (Lipinski definition) is 1. The number of carbonyl (C=O) groups excluding carboxylic acids is 2. The number of allylic oxidation sites excluding steroid dienone is 1. The maximum absolute atomic E-state index is 11.6. The number of amides is 1. The minimum Gasteiger partial charge on any atom is -0.452 e. The van der Waals surface area contributed by atoms with Gasteiger partial charge in [0.15, 0.2) is 11.7 Å². The number of aromatic nitrogens is 1. The second-order valence-corrected chi connectivity index (χ2v) is 5.18. The number of nitrogens with zero attached hydrogens (tertiary/aromatic N) is 1. The summed E-state index contributed by atoms with van der Waals surface area (Å²) in [6.45, 7) is 3.38. The van der Waals surface area contributed by atoms with E-state index in [4.69, 9.17) is 4.74 Å².